The van der Waals surface area contributed by atoms with Gasteiger partial charge in [0.15, 0.2) is 0 Å². The first-order valence-electron chi connectivity index (χ1n) is 8.80. The van der Waals surface area contributed by atoms with E-state index in [0.717, 1.165) is 18.8 Å². The van der Waals surface area contributed by atoms with Gasteiger partial charge in [-0.15, -0.1) is 0 Å². The van der Waals surface area contributed by atoms with E-state index in [1.54, 1.807) is 7.11 Å². The molecule has 2 aliphatic rings. The van der Waals surface area contributed by atoms with Crippen molar-refractivity contribution < 1.29 is 9.47 Å². The molecule has 2 aromatic carbocycles. The van der Waals surface area contributed by atoms with Crippen molar-refractivity contribution in [1.29, 1.82) is 0 Å². The minimum atomic E-state index is 0.197. The van der Waals surface area contributed by atoms with E-state index in [1.165, 1.54) is 34.4 Å². The maximum Gasteiger partial charge on any atom is 0.121 e. The molecule has 0 spiro atoms. The van der Waals surface area contributed by atoms with Crippen LogP contribution in [0.4, 0.5) is 5.69 Å². The lowest BCUT2D eigenvalue weighted by atomic mass is 9.77. The first kappa shape index (κ1) is 15.5. The number of anilines is 1. The molecular weight excluding hydrogens is 298 g/mol. The molecule has 0 saturated carbocycles. The number of hydrogen-bond acceptors (Lipinski definition) is 3. The molecule has 0 radical (unpaired) electrons. The summed E-state index contributed by atoms with van der Waals surface area (Å²) in [6.07, 6.45) is 2.53. The third-order valence-corrected chi connectivity index (χ3v) is 5.40. The number of benzene rings is 2. The Hall–Kier alpha value is -2.00. The largest absolute Gasteiger partial charge is 0.496 e. The molecule has 1 saturated heterocycles. The Bertz CT molecular complexity index is 755. The summed E-state index contributed by atoms with van der Waals surface area (Å²) in [6, 6.07) is 13.5. The molecule has 0 amide bonds. The van der Waals surface area contributed by atoms with Crippen LogP contribution in [-0.2, 0) is 4.74 Å². The Labute approximate surface area is 144 Å². The first-order chi connectivity index (χ1) is 11.7. The standard InChI is InChI=1S/C21H25NO2/c1-13-6-8-18-17(11-13)21-16(5-4-10-24-21)20(22-18)15-7-9-19(23-3)14(2)12-15/h6-9,11-12,16,20-22H,4-5,10H2,1-3H3. The highest BCUT2D eigenvalue weighted by Crippen LogP contribution is 2.49. The van der Waals surface area contributed by atoms with Crippen molar-refractivity contribution in [1.82, 2.24) is 0 Å². The SMILES string of the molecule is COc1ccc(C2Nc3ccc(C)cc3C3OCCCC23)cc1C. The number of methoxy groups -OCH3 is 1. The van der Waals surface area contributed by atoms with Gasteiger partial charge in [0, 0.05) is 23.8 Å². The van der Waals surface area contributed by atoms with Crippen LogP contribution in [0.25, 0.3) is 0 Å². The molecule has 126 valence electrons. The highest BCUT2D eigenvalue weighted by Gasteiger charge is 2.39. The summed E-state index contributed by atoms with van der Waals surface area (Å²) in [7, 11) is 1.73. The molecule has 24 heavy (non-hydrogen) atoms. The van der Waals surface area contributed by atoms with Crippen LogP contribution in [0.15, 0.2) is 36.4 Å². The van der Waals surface area contributed by atoms with E-state index in [0.29, 0.717) is 5.92 Å². The van der Waals surface area contributed by atoms with Crippen molar-refractivity contribution in [2.75, 3.05) is 19.0 Å². The molecule has 0 aliphatic carbocycles. The summed E-state index contributed by atoms with van der Waals surface area (Å²) in [4.78, 5) is 0. The van der Waals surface area contributed by atoms with Crippen molar-refractivity contribution >= 4 is 5.69 Å². The number of rotatable bonds is 2. The summed E-state index contributed by atoms with van der Waals surface area (Å²) < 4.78 is 11.6. The third-order valence-electron chi connectivity index (χ3n) is 5.40. The van der Waals surface area contributed by atoms with Crippen LogP contribution < -0.4 is 10.1 Å². The van der Waals surface area contributed by atoms with Crippen molar-refractivity contribution in [3.8, 4) is 5.75 Å². The number of hydrogen-bond donors (Lipinski definition) is 1. The lowest BCUT2D eigenvalue weighted by Crippen LogP contribution is -2.36. The van der Waals surface area contributed by atoms with Crippen molar-refractivity contribution in [2.24, 2.45) is 5.92 Å². The molecule has 3 nitrogen and oxygen atoms in total. The van der Waals surface area contributed by atoms with Crippen LogP contribution >= 0.6 is 0 Å². The molecule has 2 aliphatic heterocycles. The van der Waals surface area contributed by atoms with Gasteiger partial charge in [-0.3, -0.25) is 0 Å². The van der Waals surface area contributed by atoms with Gasteiger partial charge in [-0.25, -0.2) is 0 Å². The molecule has 3 atom stereocenters. The molecule has 0 bridgehead atoms. The zero-order valence-electron chi connectivity index (χ0n) is 14.6. The molecule has 2 aromatic rings. The minimum absolute atomic E-state index is 0.197. The maximum atomic E-state index is 6.23. The molecule has 1 fully saturated rings. The van der Waals surface area contributed by atoms with E-state index >= 15 is 0 Å². The summed E-state index contributed by atoms with van der Waals surface area (Å²) in [5.74, 6) is 1.42. The van der Waals surface area contributed by atoms with E-state index in [9.17, 15) is 0 Å². The van der Waals surface area contributed by atoms with Gasteiger partial charge in [-0.05, 0) is 49.9 Å². The van der Waals surface area contributed by atoms with E-state index < -0.39 is 0 Å². The summed E-state index contributed by atoms with van der Waals surface area (Å²) in [6.45, 7) is 5.12. The van der Waals surface area contributed by atoms with Crippen molar-refractivity contribution in [3.63, 3.8) is 0 Å². The summed E-state index contributed by atoms with van der Waals surface area (Å²) >= 11 is 0. The zero-order chi connectivity index (χ0) is 16.7. The van der Waals surface area contributed by atoms with Gasteiger partial charge in [0.05, 0.1) is 19.3 Å². The van der Waals surface area contributed by atoms with Gasteiger partial charge >= 0.3 is 0 Å². The molecule has 1 N–H and O–H groups in total. The number of nitrogens with one attached hydrogen (secondary N) is 1. The fourth-order valence-corrected chi connectivity index (χ4v) is 4.22. The van der Waals surface area contributed by atoms with E-state index in [4.69, 9.17) is 9.47 Å². The Morgan fingerprint density at radius 2 is 2.00 bits per heavy atom. The fourth-order valence-electron chi connectivity index (χ4n) is 4.22. The topological polar surface area (TPSA) is 30.5 Å². The number of fused-ring (bicyclic) bond motifs is 3. The van der Waals surface area contributed by atoms with E-state index in [2.05, 4.69) is 55.6 Å². The van der Waals surface area contributed by atoms with Crippen LogP contribution in [0.5, 0.6) is 5.75 Å². The molecule has 4 rings (SSSR count). The highest BCUT2D eigenvalue weighted by molar-refractivity contribution is 5.58. The normalized spacial score (nSPS) is 25.4. The Kier molecular flexibility index (Phi) is 3.97. The Morgan fingerprint density at radius 1 is 1.12 bits per heavy atom. The monoisotopic (exact) mass is 323 g/mol. The van der Waals surface area contributed by atoms with Crippen LogP contribution in [0.2, 0.25) is 0 Å². The average molecular weight is 323 g/mol. The maximum absolute atomic E-state index is 6.23. The predicted octanol–water partition coefficient (Wildman–Crippen LogP) is 4.95. The predicted molar refractivity (Wildman–Crippen MR) is 96.7 cm³/mol. The lowest BCUT2D eigenvalue weighted by Gasteiger charge is -2.43. The van der Waals surface area contributed by atoms with Gasteiger partial charge in [0.2, 0.25) is 0 Å². The second kappa shape index (κ2) is 6.14. The first-order valence-corrected chi connectivity index (χ1v) is 8.80. The fraction of sp³-hybridized carbons (Fsp3) is 0.429. The van der Waals surface area contributed by atoms with Crippen LogP contribution in [0.1, 0.15) is 47.2 Å². The van der Waals surface area contributed by atoms with Gasteiger partial charge in [0.25, 0.3) is 0 Å². The Balaban J connectivity index is 1.76. The van der Waals surface area contributed by atoms with Gasteiger partial charge < -0.3 is 14.8 Å². The summed E-state index contributed by atoms with van der Waals surface area (Å²) in [5, 5.41) is 3.78. The zero-order valence-corrected chi connectivity index (χ0v) is 14.6. The van der Waals surface area contributed by atoms with Crippen LogP contribution in [0, 0.1) is 19.8 Å². The second-order valence-electron chi connectivity index (χ2n) is 7.04. The van der Waals surface area contributed by atoms with E-state index in [-0.39, 0.29) is 12.1 Å². The van der Waals surface area contributed by atoms with Gasteiger partial charge in [-0.1, -0.05) is 29.8 Å². The third kappa shape index (κ3) is 2.57. The molecule has 0 aromatic heterocycles. The molecule has 2 heterocycles. The van der Waals surface area contributed by atoms with E-state index in [1.807, 2.05) is 0 Å². The second-order valence-corrected chi connectivity index (χ2v) is 7.04. The minimum Gasteiger partial charge on any atom is -0.496 e. The lowest BCUT2D eigenvalue weighted by molar-refractivity contribution is -0.0381. The van der Waals surface area contributed by atoms with Crippen LogP contribution in [0.3, 0.4) is 0 Å². The number of aryl methyl sites for hydroxylation is 2. The molecular formula is C21H25NO2. The molecule has 3 unspecified atom stereocenters. The van der Waals surface area contributed by atoms with Crippen molar-refractivity contribution in [3.05, 3.63) is 58.7 Å². The van der Waals surface area contributed by atoms with Crippen LogP contribution in [-0.4, -0.2) is 13.7 Å². The van der Waals surface area contributed by atoms with Gasteiger partial charge in [-0.2, -0.15) is 0 Å². The average Bonchev–Trinajstić information content (AvgIpc) is 2.61. The Morgan fingerprint density at radius 3 is 2.79 bits per heavy atom. The highest BCUT2D eigenvalue weighted by atomic mass is 16.5. The smallest absolute Gasteiger partial charge is 0.121 e. The van der Waals surface area contributed by atoms with Gasteiger partial charge in [0.1, 0.15) is 5.75 Å². The van der Waals surface area contributed by atoms with Crippen molar-refractivity contribution in [2.45, 2.75) is 38.8 Å². The molecule has 3 heteroatoms. The quantitative estimate of drug-likeness (QED) is 0.848. The number of ether oxygens (including phenoxy) is 2. The summed E-state index contributed by atoms with van der Waals surface area (Å²) in [5.41, 5.74) is 6.32.